The molecule has 10 atom stereocenters. The maximum atomic E-state index is 13.7. The molecule has 2 fully saturated rings. The first-order valence-corrected chi connectivity index (χ1v) is 13.4. The van der Waals surface area contributed by atoms with Crippen LogP contribution in [0.1, 0.15) is 6.92 Å². The Balaban J connectivity index is 1.49. The van der Waals surface area contributed by atoms with Crippen molar-refractivity contribution < 1.29 is 74.1 Å². The average molecular weight is 625 g/mol. The second-order valence-corrected chi connectivity index (χ2v) is 10.5. The van der Waals surface area contributed by atoms with Gasteiger partial charge in [-0.05, 0) is 25.1 Å². The van der Waals surface area contributed by atoms with Crippen LogP contribution in [-0.4, -0.2) is 121 Å². The van der Waals surface area contributed by atoms with Crippen molar-refractivity contribution in [3.05, 3.63) is 40.6 Å². The van der Waals surface area contributed by atoms with Gasteiger partial charge in [-0.3, -0.25) is 4.79 Å². The number of ether oxygens (including phenoxy) is 5. The number of phenolic OH excluding ortho intramolecular Hbond substituents is 3. The van der Waals surface area contributed by atoms with Gasteiger partial charge in [0.1, 0.15) is 65.2 Å². The van der Waals surface area contributed by atoms with Crippen LogP contribution in [0.2, 0.25) is 0 Å². The van der Waals surface area contributed by atoms with Crippen LogP contribution in [0.15, 0.2) is 39.5 Å². The highest BCUT2D eigenvalue weighted by Crippen LogP contribution is 2.39. The Hall–Kier alpha value is -3.71. The molecule has 0 unspecified atom stereocenters. The van der Waals surface area contributed by atoms with Gasteiger partial charge in [-0.15, -0.1) is 0 Å². The molecule has 16 heteroatoms. The van der Waals surface area contributed by atoms with E-state index in [1.54, 1.807) is 0 Å². The molecule has 3 heterocycles. The van der Waals surface area contributed by atoms with Crippen molar-refractivity contribution in [3.8, 4) is 40.1 Å². The van der Waals surface area contributed by atoms with E-state index in [9.17, 15) is 50.8 Å². The predicted molar refractivity (Wildman–Crippen MR) is 145 cm³/mol. The molecule has 0 radical (unpaired) electrons. The van der Waals surface area contributed by atoms with Crippen molar-refractivity contribution in [1.29, 1.82) is 0 Å². The van der Waals surface area contributed by atoms with E-state index in [0.717, 1.165) is 12.1 Å². The first-order valence-electron chi connectivity index (χ1n) is 13.4. The zero-order valence-electron chi connectivity index (χ0n) is 23.3. The normalized spacial score (nSPS) is 32.5. The Morgan fingerprint density at radius 3 is 2.18 bits per heavy atom. The zero-order valence-corrected chi connectivity index (χ0v) is 23.3. The fourth-order valence-electron chi connectivity index (χ4n) is 4.99. The van der Waals surface area contributed by atoms with E-state index >= 15 is 0 Å². The molecule has 9 N–H and O–H groups in total. The Bertz CT molecular complexity index is 1560. The van der Waals surface area contributed by atoms with E-state index < -0.39 is 96.1 Å². The topological polar surface area (TPSA) is 258 Å². The summed E-state index contributed by atoms with van der Waals surface area (Å²) in [5, 5.41) is 92.1. The monoisotopic (exact) mass is 624 g/mol. The lowest BCUT2D eigenvalue weighted by atomic mass is 9.98. The van der Waals surface area contributed by atoms with Gasteiger partial charge in [0.05, 0.1) is 19.8 Å². The molecule has 2 aliphatic rings. The minimum absolute atomic E-state index is 0.0151. The Morgan fingerprint density at radius 1 is 0.795 bits per heavy atom. The van der Waals surface area contributed by atoms with Gasteiger partial charge in [-0.2, -0.15) is 0 Å². The van der Waals surface area contributed by atoms with Crippen LogP contribution in [-0.2, 0) is 14.2 Å². The summed E-state index contributed by atoms with van der Waals surface area (Å²) in [5.74, 6) is -2.28. The van der Waals surface area contributed by atoms with E-state index in [0.29, 0.717) is 0 Å². The number of benzene rings is 2. The van der Waals surface area contributed by atoms with Crippen LogP contribution in [0.25, 0.3) is 22.3 Å². The third-order valence-electron chi connectivity index (χ3n) is 7.50. The molecule has 5 rings (SSSR count). The van der Waals surface area contributed by atoms with Gasteiger partial charge >= 0.3 is 0 Å². The van der Waals surface area contributed by atoms with E-state index in [2.05, 4.69) is 0 Å². The summed E-state index contributed by atoms with van der Waals surface area (Å²) in [6, 6.07) is 5.83. The molecule has 1 aromatic heterocycles. The van der Waals surface area contributed by atoms with Crippen LogP contribution >= 0.6 is 0 Å². The number of aliphatic hydroxyl groups excluding tert-OH is 6. The van der Waals surface area contributed by atoms with Crippen molar-refractivity contribution in [2.75, 3.05) is 13.7 Å². The first-order chi connectivity index (χ1) is 20.8. The lowest BCUT2D eigenvalue weighted by Crippen LogP contribution is -2.61. The molecule has 2 saturated heterocycles. The third-order valence-corrected chi connectivity index (χ3v) is 7.50. The molecule has 3 aromatic rings. The number of phenols is 3. The molecule has 16 nitrogen and oxygen atoms in total. The van der Waals surface area contributed by atoms with Gasteiger partial charge in [0.2, 0.25) is 17.5 Å². The van der Waals surface area contributed by atoms with Gasteiger partial charge in [-0.25, -0.2) is 0 Å². The molecular weight excluding hydrogens is 592 g/mol. The van der Waals surface area contributed by atoms with Crippen LogP contribution in [0.3, 0.4) is 0 Å². The average Bonchev–Trinajstić information content (AvgIpc) is 2.98. The van der Waals surface area contributed by atoms with Crippen molar-refractivity contribution in [1.82, 2.24) is 0 Å². The number of methoxy groups -OCH3 is 1. The summed E-state index contributed by atoms with van der Waals surface area (Å²) in [5.41, 5.74) is -1.11. The number of rotatable bonds is 7. The molecule has 2 aromatic carbocycles. The second kappa shape index (κ2) is 12.4. The summed E-state index contributed by atoms with van der Waals surface area (Å²) in [6.07, 6.45) is -16.0. The van der Waals surface area contributed by atoms with E-state index in [1.165, 1.54) is 32.2 Å². The summed E-state index contributed by atoms with van der Waals surface area (Å²) in [4.78, 5) is 13.7. The summed E-state index contributed by atoms with van der Waals surface area (Å²) < 4.78 is 33.2. The van der Waals surface area contributed by atoms with Gasteiger partial charge in [0.25, 0.3) is 0 Å². The van der Waals surface area contributed by atoms with Gasteiger partial charge < -0.3 is 74.1 Å². The molecule has 240 valence electrons. The Labute approximate surface area is 248 Å². The molecule has 0 aliphatic carbocycles. The molecule has 0 spiro atoms. The number of fused-ring (bicyclic) bond motifs is 1. The number of hydrogen-bond donors (Lipinski definition) is 9. The summed E-state index contributed by atoms with van der Waals surface area (Å²) in [6.45, 7) is 0.845. The van der Waals surface area contributed by atoms with Crippen molar-refractivity contribution >= 4 is 11.0 Å². The van der Waals surface area contributed by atoms with E-state index in [-0.39, 0.29) is 28.4 Å². The summed E-state index contributed by atoms with van der Waals surface area (Å²) >= 11 is 0. The minimum atomic E-state index is -1.94. The fraction of sp³-hybridized carbons (Fsp3) is 0.464. The molecule has 44 heavy (non-hydrogen) atoms. The fourth-order valence-corrected chi connectivity index (χ4v) is 4.99. The third kappa shape index (κ3) is 5.74. The van der Waals surface area contributed by atoms with Crippen LogP contribution in [0.4, 0.5) is 0 Å². The van der Waals surface area contributed by atoms with Gasteiger partial charge in [-0.1, -0.05) is 0 Å². The lowest BCUT2D eigenvalue weighted by molar-refractivity contribution is -0.318. The van der Waals surface area contributed by atoms with Crippen molar-refractivity contribution in [2.45, 2.75) is 68.3 Å². The molecule has 0 bridgehead atoms. The predicted octanol–water partition coefficient (Wildman–Crippen LogP) is -1.38. The zero-order chi connectivity index (χ0) is 32.0. The highest BCUT2D eigenvalue weighted by atomic mass is 16.7. The molecule has 0 saturated carbocycles. The van der Waals surface area contributed by atoms with Gasteiger partial charge in [0.15, 0.2) is 23.5 Å². The molecule has 0 amide bonds. The van der Waals surface area contributed by atoms with Crippen molar-refractivity contribution in [2.24, 2.45) is 0 Å². The van der Waals surface area contributed by atoms with E-state index in [1.807, 2.05) is 0 Å². The molecule has 2 aliphatic heterocycles. The largest absolute Gasteiger partial charge is 0.508 e. The lowest BCUT2D eigenvalue weighted by Gasteiger charge is -2.42. The minimum Gasteiger partial charge on any atom is -0.508 e. The van der Waals surface area contributed by atoms with Crippen molar-refractivity contribution in [3.63, 3.8) is 0 Å². The van der Waals surface area contributed by atoms with E-state index in [4.69, 9.17) is 28.1 Å². The number of aromatic hydroxyl groups is 3. The smallest absolute Gasteiger partial charge is 0.239 e. The van der Waals surface area contributed by atoms with Gasteiger partial charge in [0, 0.05) is 17.7 Å². The maximum Gasteiger partial charge on any atom is 0.239 e. The second-order valence-electron chi connectivity index (χ2n) is 10.5. The number of hydrogen-bond acceptors (Lipinski definition) is 16. The maximum absolute atomic E-state index is 13.7. The Morgan fingerprint density at radius 2 is 1.48 bits per heavy atom. The number of aliphatic hydroxyl groups is 6. The summed E-state index contributed by atoms with van der Waals surface area (Å²) in [7, 11) is 1.28. The van der Waals surface area contributed by atoms with Crippen LogP contribution < -0.4 is 14.9 Å². The SMILES string of the molecule is COc1cc(-c2oc3cc(O)cc(O)c3c(=O)c2O[C@H]2O[C@H](CO[C@H]3O[C@H](C)[C@H](O)[C@H](O)[C@@H]3O)[C@H](O)[C@H](O)[C@@H]2O)ccc1O. The highest BCUT2D eigenvalue weighted by Gasteiger charge is 2.47. The standard InChI is InChI=1S/C28H32O16/c1-9-18(32)21(35)23(37)27(41-9)40-8-16-19(33)22(36)24(38)28(43-16)44-26-20(34)17-13(31)6-11(29)7-15(17)42-25(26)10-3-4-12(30)14(5-10)39-2/h3-7,9,16,18-19,21-24,27-33,35-38H,8H2,1-2H3/t9-,16-,18+,19+,21+,22+,23+,24+,27+,28-/m1/s1. The Kier molecular flexibility index (Phi) is 8.90. The quantitative estimate of drug-likeness (QED) is 0.147. The van der Waals surface area contributed by atoms with Crippen LogP contribution in [0, 0.1) is 0 Å². The highest BCUT2D eigenvalue weighted by molar-refractivity contribution is 5.88. The molecular formula is C28H32O16. The first kappa shape index (κ1) is 31.7. The van der Waals surface area contributed by atoms with Crippen LogP contribution in [0.5, 0.6) is 28.7 Å².